The molecule has 0 saturated carbocycles. The Kier molecular flexibility index (Phi) is 14.2. The van der Waals surface area contributed by atoms with Crippen LogP contribution in [0.5, 0.6) is 46.0 Å². The number of benzene rings is 4. The van der Waals surface area contributed by atoms with Crippen LogP contribution in [0.2, 0.25) is 0 Å². The monoisotopic (exact) mass is 898 g/mol. The van der Waals surface area contributed by atoms with Gasteiger partial charge in [0.15, 0.2) is 46.0 Å². The van der Waals surface area contributed by atoms with Crippen molar-refractivity contribution >= 4 is 20.0 Å². The Morgan fingerprint density at radius 1 is 0.468 bits per heavy atom. The Morgan fingerprint density at radius 2 is 0.806 bits per heavy atom. The maximum absolute atomic E-state index is 14.2. The quantitative estimate of drug-likeness (QED) is 0.215. The average molecular weight is 899 g/mol. The fourth-order valence-corrected chi connectivity index (χ4v) is 11.2. The van der Waals surface area contributed by atoms with Crippen LogP contribution < -0.4 is 37.9 Å². The van der Waals surface area contributed by atoms with Crippen LogP contribution in [0.3, 0.4) is 0 Å². The summed E-state index contributed by atoms with van der Waals surface area (Å²) in [5.74, 6) is 3.42. The van der Waals surface area contributed by atoms with Gasteiger partial charge in [-0.15, -0.1) is 0 Å². The van der Waals surface area contributed by atoms with E-state index in [0.717, 1.165) is 22.3 Å². The van der Waals surface area contributed by atoms with Gasteiger partial charge in [0.25, 0.3) is 0 Å². The van der Waals surface area contributed by atoms with Crippen LogP contribution in [0.25, 0.3) is 0 Å². The van der Waals surface area contributed by atoms with Gasteiger partial charge in [-0.25, -0.2) is 16.8 Å². The van der Waals surface area contributed by atoms with E-state index in [4.69, 9.17) is 47.4 Å². The normalized spacial score (nSPS) is 19.5. The Hall–Kier alpha value is -4.98. The molecule has 0 amide bonds. The molecule has 3 aliphatic heterocycles. The fourth-order valence-electron chi connectivity index (χ4n) is 7.98. The van der Waals surface area contributed by atoms with Gasteiger partial charge in [-0.3, -0.25) is 0 Å². The molecule has 7 rings (SSSR count). The summed E-state index contributed by atoms with van der Waals surface area (Å²) in [5.41, 5.74) is 3.69. The van der Waals surface area contributed by atoms with Gasteiger partial charge in [-0.1, -0.05) is 0 Å². The molecule has 336 valence electrons. The summed E-state index contributed by atoms with van der Waals surface area (Å²) < 4.78 is 117. The molecule has 3 heterocycles. The summed E-state index contributed by atoms with van der Waals surface area (Å²) in [6.07, 6.45) is 1.00. The largest absolute Gasteiger partial charge is 0.493 e. The van der Waals surface area contributed by atoms with E-state index >= 15 is 0 Å². The van der Waals surface area contributed by atoms with Crippen molar-refractivity contribution in [2.24, 2.45) is 0 Å². The maximum Gasteiger partial charge on any atom is 0.243 e. The van der Waals surface area contributed by atoms with Crippen LogP contribution in [0.4, 0.5) is 0 Å². The second-order valence-corrected chi connectivity index (χ2v) is 18.5. The molecule has 0 N–H and O–H groups in total. The molecule has 3 aliphatic rings. The van der Waals surface area contributed by atoms with E-state index in [1.54, 1.807) is 40.6 Å². The Morgan fingerprint density at radius 3 is 1.16 bits per heavy atom. The molecule has 0 saturated heterocycles. The van der Waals surface area contributed by atoms with Crippen molar-refractivity contribution in [3.8, 4) is 46.0 Å². The third-order valence-electron chi connectivity index (χ3n) is 11.2. The predicted molar refractivity (Wildman–Crippen MR) is 228 cm³/mol. The first-order valence-corrected chi connectivity index (χ1v) is 23.3. The smallest absolute Gasteiger partial charge is 0.243 e. The summed E-state index contributed by atoms with van der Waals surface area (Å²) >= 11 is 0. The number of methoxy groups -OCH3 is 4. The predicted octanol–water partition coefficient (Wildman–Crippen LogP) is 5.60. The Balaban J connectivity index is 1.02. The molecule has 2 atom stereocenters. The lowest BCUT2D eigenvalue weighted by Gasteiger charge is -2.34. The highest BCUT2D eigenvalue weighted by Crippen LogP contribution is 2.43. The van der Waals surface area contributed by atoms with Crippen LogP contribution in [-0.2, 0) is 42.4 Å². The third-order valence-corrected chi connectivity index (χ3v) is 15.2. The molecule has 0 fully saturated rings. The highest BCUT2D eigenvalue weighted by Gasteiger charge is 2.37. The van der Waals surface area contributed by atoms with Crippen molar-refractivity contribution in [3.63, 3.8) is 0 Å². The van der Waals surface area contributed by atoms with Crippen LogP contribution in [-0.4, -0.2) is 120 Å². The molecule has 0 unspecified atom stereocenters. The van der Waals surface area contributed by atoms with Crippen molar-refractivity contribution in [2.45, 2.75) is 48.6 Å². The van der Waals surface area contributed by atoms with E-state index in [-0.39, 0.29) is 87.2 Å². The third kappa shape index (κ3) is 9.35. The highest BCUT2D eigenvalue weighted by molar-refractivity contribution is 7.89. The van der Waals surface area contributed by atoms with Gasteiger partial charge in [0.2, 0.25) is 20.0 Å². The molecule has 18 heteroatoms. The first-order chi connectivity index (χ1) is 29.9. The van der Waals surface area contributed by atoms with Gasteiger partial charge < -0.3 is 47.4 Å². The van der Waals surface area contributed by atoms with Gasteiger partial charge >= 0.3 is 0 Å². The number of sulfonamides is 2. The van der Waals surface area contributed by atoms with Gasteiger partial charge in [-0.05, 0) is 97.5 Å². The zero-order valence-electron chi connectivity index (χ0n) is 35.8. The molecule has 62 heavy (non-hydrogen) atoms. The zero-order valence-corrected chi connectivity index (χ0v) is 37.5. The molecular formula is C44H54N2O14S2. The molecule has 0 spiro atoms. The summed E-state index contributed by atoms with van der Waals surface area (Å²) in [6, 6.07) is 15.7. The van der Waals surface area contributed by atoms with Crippen molar-refractivity contribution in [2.75, 3.05) is 94.4 Å². The molecule has 0 aliphatic carbocycles. The maximum atomic E-state index is 14.2. The lowest BCUT2D eigenvalue weighted by molar-refractivity contribution is 0.0639. The lowest BCUT2D eigenvalue weighted by Crippen LogP contribution is -2.38. The minimum atomic E-state index is -3.97. The second kappa shape index (κ2) is 19.6. The first kappa shape index (κ1) is 45.1. The van der Waals surface area contributed by atoms with E-state index in [0.29, 0.717) is 47.3 Å². The van der Waals surface area contributed by atoms with Crippen LogP contribution in [0.1, 0.15) is 48.2 Å². The van der Waals surface area contributed by atoms with E-state index in [9.17, 15) is 16.8 Å². The Bertz CT molecular complexity index is 2280. The standard InChI is InChI=1S/C44H54N2O14S2/c1-29-35-27-41(53-5)39(51-3)23-31(35)11-13-45(29)61(47,48)33-7-9-37-43(25-33)59-21-17-56-18-22-60-44-26-34(8-10-38(44)58-20-16-55-15-19-57-37)62(49,50)46-14-12-32-24-40(52-4)42(54-6)28-36(32)30(46)2/h7-10,23-30H,11-22H2,1-6H3/t29-,30+. The summed E-state index contributed by atoms with van der Waals surface area (Å²) in [5, 5.41) is 0. The van der Waals surface area contributed by atoms with Gasteiger partial charge in [0.05, 0.1) is 64.7 Å². The lowest BCUT2D eigenvalue weighted by atomic mass is 9.94. The number of hydrogen-bond acceptors (Lipinski definition) is 14. The van der Waals surface area contributed by atoms with Gasteiger partial charge in [0.1, 0.15) is 26.4 Å². The minimum Gasteiger partial charge on any atom is -0.493 e. The fraction of sp³-hybridized carbons (Fsp3) is 0.455. The number of ether oxygens (including phenoxy) is 10. The molecule has 0 bridgehead atoms. The van der Waals surface area contributed by atoms with Crippen molar-refractivity contribution in [1.82, 2.24) is 8.61 Å². The molecule has 4 aromatic carbocycles. The molecular weight excluding hydrogens is 845 g/mol. The molecule has 0 aromatic heterocycles. The van der Waals surface area contributed by atoms with Gasteiger partial charge in [0, 0.05) is 37.3 Å². The first-order valence-electron chi connectivity index (χ1n) is 20.4. The van der Waals surface area contributed by atoms with E-state index in [1.807, 2.05) is 38.1 Å². The topological polar surface area (TPSA) is 167 Å². The average Bonchev–Trinajstić information content (AvgIpc) is 3.27. The van der Waals surface area contributed by atoms with Crippen molar-refractivity contribution < 1.29 is 64.2 Å². The van der Waals surface area contributed by atoms with E-state index in [2.05, 4.69) is 0 Å². The zero-order chi connectivity index (χ0) is 44.0. The molecule has 4 aromatic rings. The molecule has 0 radical (unpaired) electrons. The minimum absolute atomic E-state index is 0.0565. The molecule has 16 nitrogen and oxygen atoms in total. The van der Waals surface area contributed by atoms with E-state index in [1.165, 1.54) is 32.9 Å². The van der Waals surface area contributed by atoms with E-state index < -0.39 is 32.1 Å². The van der Waals surface area contributed by atoms with Crippen LogP contribution in [0, 0.1) is 0 Å². The SMILES string of the molecule is COc1cc2c(cc1OC)[C@@H](C)N(S(=O)(=O)c1ccc3c(c1)OCCOCCOc1cc(S(=O)(=O)N4CCc5cc(OC)c(OC)cc5[C@@H]4C)ccc1OCCOCCO3)CC2. The van der Waals surface area contributed by atoms with Crippen molar-refractivity contribution in [3.05, 3.63) is 82.9 Å². The highest BCUT2D eigenvalue weighted by atomic mass is 32.2. The second-order valence-electron chi connectivity index (χ2n) is 14.7. The van der Waals surface area contributed by atoms with Crippen LogP contribution >= 0.6 is 0 Å². The Labute approximate surface area is 363 Å². The number of fused-ring (bicyclic) bond motifs is 4. The number of nitrogens with zero attached hydrogens (tertiary/aromatic N) is 2. The summed E-state index contributed by atoms with van der Waals surface area (Å²) in [6.45, 7) is 5.35. The van der Waals surface area contributed by atoms with Gasteiger partial charge in [-0.2, -0.15) is 8.61 Å². The number of hydrogen-bond donors (Lipinski definition) is 0. The number of rotatable bonds is 8. The van der Waals surface area contributed by atoms with Crippen molar-refractivity contribution in [1.29, 1.82) is 0 Å². The summed E-state index contributed by atoms with van der Waals surface area (Å²) in [4.78, 5) is 0.113. The summed E-state index contributed by atoms with van der Waals surface area (Å²) in [7, 11) is -1.71. The van der Waals surface area contributed by atoms with Crippen LogP contribution in [0.15, 0.2) is 70.5 Å².